The minimum atomic E-state index is -0.363. The molecule has 2 aromatic heterocycles. The first-order valence-corrected chi connectivity index (χ1v) is 10.4. The lowest BCUT2D eigenvalue weighted by molar-refractivity contribution is -0.133. The highest BCUT2D eigenvalue weighted by atomic mass is 16.4. The molecular weight excluding hydrogens is 356 g/mol. The predicted octanol–water partition coefficient (Wildman–Crippen LogP) is 2.28. The van der Waals surface area contributed by atoms with E-state index in [1.165, 1.54) is 24.1 Å². The van der Waals surface area contributed by atoms with Gasteiger partial charge in [0.2, 0.25) is 11.8 Å². The van der Waals surface area contributed by atoms with Crippen LogP contribution in [0, 0.1) is 5.41 Å². The minimum absolute atomic E-state index is 0.118. The van der Waals surface area contributed by atoms with Crippen molar-refractivity contribution in [2.45, 2.75) is 63.8 Å². The number of aromatic nitrogens is 4. The van der Waals surface area contributed by atoms with Crippen molar-refractivity contribution in [2.24, 2.45) is 12.5 Å². The molecule has 3 aliphatic rings. The molecule has 2 fully saturated rings. The number of hydrogen-bond acceptors (Lipinski definition) is 6. The molecule has 1 N–H and O–H groups in total. The molecule has 2 unspecified atom stereocenters. The van der Waals surface area contributed by atoms with Crippen molar-refractivity contribution in [1.29, 1.82) is 0 Å². The first kappa shape index (κ1) is 17.7. The fourth-order valence-corrected chi connectivity index (χ4v) is 4.75. The van der Waals surface area contributed by atoms with E-state index in [1.807, 2.05) is 29.7 Å². The summed E-state index contributed by atoms with van der Waals surface area (Å²) in [6.45, 7) is 3.61. The Kier molecular flexibility index (Phi) is 4.17. The molecule has 8 nitrogen and oxygen atoms in total. The number of carbonyl (C=O) groups excluding carboxylic acids is 1. The summed E-state index contributed by atoms with van der Waals surface area (Å²) >= 11 is 0. The van der Waals surface area contributed by atoms with Crippen molar-refractivity contribution in [3.8, 4) is 0 Å². The lowest BCUT2D eigenvalue weighted by atomic mass is 9.88. The van der Waals surface area contributed by atoms with Gasteiger partial charge in [0, 0.05) is 31.7 Å². The topological polar surface area (TPSA) is 89.1 Å². The number of rotatable bonds is 4. The van der Waals surface area contributed by atoms with Crippen molar-refractivity contribution in [1.82, 2.24) is 24.9 Å². The number of piperidine rings is 1. The number of fused-ring (bicyclic) bond motifs is 1. The molecule has 8 heteroatoms. The van der Waals surface area contributed by atoms with Gasteiger partial charge >= 0.3 is 6.01 Å². The molecule has 150 valence electrons. The Hall–Kier alpha value is -2.38. The summed E-state index contributed by atoms with van der Waals surface area (Å²) in [5, 5.41) is 15.8. The highest BCUT2D eigenvalue weighted by molar-refractivity contribution is 5.83. The molecule has 5 rings (SSSR count). The van der Waals surface area contributed by atoms with Crippen LogP contribution >= 0.6 is 0 Å². The first-order valence-electron chi connectivity index (χ1n) is 10.4. The third-order valence-electron chi connectivity index (χ3n) is 6.94. The van der Waals surface area contributed by atoms with E-state index in [1.54, 1.807) is 0 Å². The third-order valence-corrected chi connectivity index (χ3v) is 6.94. The molecule has 1 saturated carbocycles. The maximum absolute atomic E-state index is 12.7. The van der Waals surface area contributed by atoms with Gasteiger partial charge in [-0.05, 0) is 62.8 Å². The Morgan fingerprint density at radius 2 is 2.07 bits per heavy atom. The van der Waals surface area contributed by atoms with Crippen LogP contribution in [-0.4, -0.2) is 49.9 Å². The Bertz CT molecular complexity index is 873. The number of carbonyl (C=O) groups is 1. The number of aryl methyl sites for hydroxylation is 1. The van der Waals surface area contributed by atoms with E-state index in [-0.39, 0.29) is 17.9 Å². The zero-order chi connectivity index (χ0) is 19.3. The van der Waals surface area contributed by atoms with Crippen molar-refractivity contribution in [3.63, 3.8) is 0 Å². The molecule has 1 spiro atoms. The summed E-state index contributed by atoms with van der Waals surface area (Å²) in [5.74, 6) is 0.973. The Morgan fingerprint density at radius 1 is 1.29 bits per heavy atom. The molecule has 2 aliphatic carbocycles. The van der Waals surface area contributed by atoms with Gasteiger partial charge in [0.1, 0.15) is 6.04 Å². The van der Waals surface area contributed by atoms with Gasteiger partial charge in [-0.15, -0.1) is 5.10 Å². The number of nitrogens with one attached hydrogen (secondary N) is 1. The summed E-state index contributed by atoms with van der Waals surface area (Å²) in [6, 6.07) is -0.0265. The van der Waals surface area contributed by atoms with Gasteiger partial charge in [0.05, 0.1) is 6.20 Å². The van der Waals surface area contributed by atoms with E-state index >= 15 is 0 Å². The number of amides is 1. The summed E-state index contributed by atoms with van der Waals surface area (Å²) in [5.41, 5.74) is 3.12. The highest BCUT2D eigenvalue weighted by Gasteiger charge is 2.45. The summed E-state index contributed by atoms with van der Waals surface area (Å²) in [6.07, 6.45) is 9.72. The molecule has 0 radical (unpaired) electrons. The maximum atomic E-state index is 12.7. The van der Waals surface area contributed by atoms with Crippen LogP contribution in [0.4, 0.5) is 6.01 Å². The normalized spacial score (nSPS) is 24.1. The summed E-state index contributed by atoms with van der Waals surface area (Å²) < 4.78 is 7.81. The second kappa shape index (κ2) is 6.60. The smallest absolute Gasteiger partial charge is 0.316 e. The summed E-state index contributed by atoms with van der Waals surface area (Å²) in [4.78, 5) is 14.7. The van der Waals surface area contributed by atoms with Crippen LogP contribution in [0.2, 0.25) is 0 Å². The molecule has 1 amide bonds. The van der Waals surface area contributed by atoms with E-state index in [0.29, 0.717) is 17.3 Å². The Morgan fingerprint density at radius 3 is 2.82 bits per heavy atom. The van der Waals surface area contributed by atoms with E-state index < -0.39 is 0 Å². The number of anilines is 1. The zero-order valence-corrected chi connectivity index (χ0v) is 16.6. The number of hydrogen-bond donors (Lipinski definition) is 1. The molecule has 3 heterocycles. The molecule has 0 aromatic carbocycles. The van der Waals surface area contributed by atoms with E-state index in [9.17, 15) is 4.79 Å². The van der Waals surface area contributed by atoms with Crippen LogP contribution in [0.5, 0.6) is 0 Å². The second-order valence-electron chi connectivity index (χ2n) is 8.82. The molecule has 2 atom stereocenters. The largest absolute Gasteiger partial charge is 0.408 e. The SMILES string of the molecule is CC(Nc1nnc(C2CCc3c(cnn3C)C2)o1)C(=O)N1CCC2(CC1)CC2. The first-order chi connectivity index (χ1) is 13.5. The molecule has 28 heavy (non-hydrogen) atoms. The van der Waals surface area contributed by atoms with Gasteiger partial charge in [-0.1, -0.05) is 5.10 Å². The lowest BCUT2D eigenvalue weighted by Gasteiger charge is -2.33. The van der Waals surface area contributed by atoms with Crippen LogP contribution in [0.3, 0.4) is 0 Å². The van der Waals surface area contributed by atoms with Crippen LogP contribution in [0.1, 0.15) is 62.1 Å². The van der Waals surface area contributed by atoms with Gasteiger partial charge in [-0.3, -0.25) is 9.48 Å². The minimum Gasteiger partial charge on any atom is -0.408 e. The Balaban J connectivity index is 1.19. The van der Waals surface area contributed by atoms with Crippen LogP contribution in [-0.2, 0) is 24.7 Å². The molecule has 1 aliphatic heterocycles. The quantitative estimate of drug-likeness (QED) is 0.870. The molecular formula is C20H28N6O2. The maximum Gasteiger partial charge on any atom is 0.316 e. The molecule has 0 bridgehead atoms. The standard InChI is InChI=1S/C20H28N6O2/c1-13(18(27)26-9-7-20(5-6-20)8-10-26)22-19-24-23-17(28-19)14-3-4-16-15(11-14)12-21-25(16)2/h12-14H,3-11H2,1-2H3,(H,22,24). The Labute approximate surface area is 164 Å². The van der Waals surface area contributed by atoms with Gasteiger partial charge < -0.3 is 14.6 Å². The van der Waals surface area contributed by atoms with Crippen LogP contribution in [0.25, 0.3) is 0 Å². The van der Waals surface area contributed by atoms with Crippen LogP contribution < -0.4 is 5.32 Å². The van der Waals surface area contributed by atoms with E-state index in [2.05, 4.69) is 20.6 Å². The number of likely N-dealkylation sites (tertiary alicyclic amines) is 1. The fraction of sp³-hybridized carbons (Fsp3) is 0.700. The van der Waals surface area contributed by atoms with Gasteiger partial charge in [0.15, 0.2) is 0 Å². The van der Waals surface area contributed by atoms with Crippen LogP contribution in [0.15, 0.2) is 10.6 Å². The monoisotopic (exact) mass is 384 g/mol. The fourth-order valence-electron chi connectivity index (χ4n) is 4.75. The second-order valence-corrected chi connectivity index (χ2v) is 8.82. The zero-order valence-electron chi connectivity index (χ0n) is 16.6. The van der Waals surface area contributed by atoms with E-state index in [4.69, 9.17) is 4.42 Å². The predicted molar refractivity (Wildman–Crippen MR) is 103 cm³/mol. The van der Waals surface area contributed by atoms with Crippen molar-refractivity contribution in [3.05, 3.63) is 23.3 Å². The lowest BCUT2D eigenvalue weighted by Crippen LogP contribution is -2.45. The van der Waals surface area contributed by atoms with E-state index in [0.717, 1.165) is 45.2 Å². The summed E-state index contributed by atoms with van der Waals surface area (Å²) in [7, 11) is 1.99. The van der Waals surface area contributed by atoms with Gasteiger partial charge in [0.25, 0.3) is 0 Å². The van der Waals surface area contributed by atoms with Crippen molar-refractivity contribution < 1.29 is 9.21 Å². The third kappa shape index (κ3) is 3.18. The van der Waals surface area contributed by atoms with Crippen molar-refractivity contribution >= 4 is 11.9 Å². The van der Waals surface area contributed by atoms with Gasteiger partial charge in [-0.2, -0.15) is 5.10 Å². The average Bonchev–Trinajstić information content (AvgIpc) is 3.12. The molecule has 2 aromatic rings. The highest BCUT2D eigenvalue weighted by Crippen LogP contribution is 2.53. The number of nitrogens with zero attached hydrogens (tertiary/aromatic N) is 5. The molecule has 1 saturated heterocycles. The van der Waals surface area contributed by atoms with Gasteiger partial charge in [-0.25, -0.2) is 0 Å². The van der Waals surface area contributed by atoms with Crippen molar-refractivity contribution in [2.75, 3.05) is 18.4 Å². The average molecular weight is 384 g/mol.